The van der Waals surface area contributed by atoms with Crippen molar-refractivity contribution in [2.75, 3.05) is 39.3 Å². The van der Waals surface area contributed by atoms with E-state index in [1.165, 1.54) is 77.7 Å². The quantitative estimate of drug-likeness (QED) is 0.709. The van der Waals surface area contributed by atoms with Gasteiger partial charge in [0.15, 0.2) is 0 Å². The van der Waals surface area contributed by atoms with Gasteiger partial charge in [-0.25, -0.2) is 0 Å². The molecule has 0 unspecified atom stereocenters. The summed E-state index contributed by atoms with van der Waals surface area (Å²) in [6.07, 6.45) is 10.2. The molecule has 0 N–H and O–H groups in total. The summed E-state index contributed by atoms with van der Waals surface area (Å²) < 4.78 is 5.91. The van der Waals surface area contributed by atoms with E-state index in [9.17, 15) is 0 Å². The maximum atomic E-state index is 5.91. The van der Waals surface area contributed by atoms with Gasteiger partial charge in [0, 0.05) is 18.0 Å². The summed E-state index contributed by atoms with van der Waals surface area (Å²) in [4.78, 5) is 5.53. The summed E-state index contributed by atoms with van der Waals surface area (Å²) in [5.74, 6) is 1.00. The van der Waals surface area contributed by atoms with Crippen LogP contribution in [0.2, 0.25) is 0 Å². The summed E-state index contributed by atoms with van der Waals surface area (Å²) in [6.45, 7) is 14.3. The third-order valence-corrected chi connectivity index (χ3v) is 6.54. The van der Waals surface area contributed by atoms with E-state index in [4.69, 9.17) is 4.74 Å². The first kappa shape index (κ1) is 17.7. The number of nitrogens with zero attached hydrogens (tertiary/aromatic N) is 2. The van der Waals surface area contributed by atoms with Crippen molar-refractivity contribution < 1.29 is 4.74 Å². The molecule has 23 heavy (non-hydrogen) atoms. The highest BCUT2D eigenvalue weighted by molar-refractivity contribution is 4.97. The SMILES string of the molecule is CCC1CCN(C2CCN(CC3(COC(C)C)CC3)CC2)CC1. The van der Waals surface area contributed by atoms with E-state index < -0.39 is 0 Å². The number of rotatable bonds is 7. The second-order valence-corrected chi connectivity index (χ2v) is 8.75. The number of ether oxygens (including phenoxy) is 1. The van der Waals surface area contributed by atoms with Crippen LogP contribution in [-0.2, 0) is 4.74 Å². The minimum absolute atomic E-state index is 0.379. The lowest BCUT2D eigenvalue weighted by Gasteiger charge is -2.42. The lowest BCUT2D eigenvalue weighted by Crippen LogP contribution is -2.48. The fraction of sp³-hybridized carbons (Fsp3) is 1.00. The second-order valence-electron chi connectivity index (χ2n) is 8.75. The molecule has 1 aliphatic carbocycles. The zero-order valence-corrected chi connectivity index (χ0v) is 15.7. The van der Waals surface area contributed by atoms with Crippen LogP contribution < -0.4 is 0 Å². The van der Waals surface area contributed by atoms with Crippen LogP contribution in [0.3, 0.4) is 0 Å². The molecule has 3 heteroatoms. The molecule has 0 bridgehead atoms. The molecule has 1 saturated carbocycles. The van der Waals surface area contributed by atoms with Crippen molar-refractivity contribution in [1.29, 1.82) is 0 Å². The van der Waals surface area contributed by atoms with Crippen LogP contribution in [0, 0.1) is 11.3 Å². The first-order valence-corrected chi connectivity index (χ1v) is 10.2. The van der Waals surface area contributed by atoms with Gasteiger partial charge in [0.1, 0.15) is 0 Å². The lowest BCUT2D eigenvalue weighted by molar-refractivity contribution is 0.0205. The molecular weight excluding hydrogens is 284 g/mol. The van der Waals surface area contributed by atoms with Crippen molar-refractivity contribution in [2.24, 2.45) is 11.3 Å². The van der Waals surface area contributed by atoms with Crippen molar-refractivity contribution in [3.05, 3.63) is 0 Å². The van der Waals surface area contributed by atoms with Gasteiger partial charge in [-0.15, -0.1) is 0 Å². The molecule has 0 spiro atoms. The summed E-state index contributed by atoms with van der Waals surface area (Å²) in [5.41, 5.74) is 0.510. The molecule has 0 atom stereocenters. The summed E-state index contributed by atoms with van der Waals surface area (Å²) in [6, 6.07) is 0.867. The Kier molecular flexibility index (Phi) is 6.03. The fourth-order valence-corrected chi connectivity index (χ4v) is 4.51. The van der Waals surface area contributed by atoms with Gasteiger partial charge in [0.2, 0.25) is 0 Å². The molecule has 2 saturated heterocycles. The summed E-state index contributed by atoms with van der Waals surface area (Å²) in [5, 5.41) is 0. The van der Waals surface area contributed by atoms with Crippen molar-refractivity contribution >= 4 is 0 Å². The summed E-state index contributed by atoms with van der Waals surface area (Å²) in [7, 11) is 0. The number of hydrogen-bond donors (Lipinski definition) is 0. The summed E-state index contributed by atoms with van der Waals surface area (Å²) >= 11 is 0. The maximum absolute atomic E-state index is 5.91. The minimum Gasteiger partial charge on any atom is -0.378 e. The largest absolute Gasteiger partial charge is 0.378 e. The Morgan fingerprint density at radius 3 is 2.17 bits per heavy atom. The van der Waals surface area contributed by atoms with Gasteiger partial charge in [0.05, 0.1) is 12.7 Å². The minimum atomic E-state index is 0.379. The van der Waals surface area contributed by atoms with Crippen molar-refractivity contribution in [1.82, 2.24) is 9.80 Å². The molecule has 0 radical (unpaired) electrons. The Hall–Kier alpha value is -0.120. The monoisotopic (exact) mass is 322 g/mol. The highest BCUT2D eigenvalue weighted by atomic mass is 16.5. The molecule has 3 rings (SSSR count). The number of piperidine rings is 2. The lowest BCUT2D eigenvalue weighted by atomic mass is 9.91. The normalized spacial score (nSPS) is 27.7. The molecule has 3 fully saturated rings. The van der Waals surface area contributed by atoms with E-state index >= 15 is 0 Å². The zero-order chi connectivity index (χ0) is 16.3. The van der Waals surface area contributed by atoms with Gasteiger partial charge in [0.25, 0.3) is 0 Å². The van der Waals surface area contributed by atoms with Crippen LogP contribution in [0.15, 0.2) is 0 Å². The van der Waals surface area contributed by atoms with E-state index in [2.05, 4.69) is 30.6 Å². The first-order chi connectivity index (χ1) is 11.1. The molecule has 0 aromatic heterocycles. The van der Waals surface area contributed by atoms with Crippen molar-refractivity contribution in [3.63, 3.8) is 0 Å². The molecular formula is C20H38N2O. The third-order valence-electron chi connectivity index (χ3n) is 6.54. The molecule has 0 aromatic rings. The molecule has 0 amide bonds. The van der Waals surface area contributed by atoms with Gasteiger partial charge in [-0.1, -0.05) is 13.3 Å². The van der Waals surface area contributed by atoms with E-state index in [1.807, 2.05) is 0 Å². The van der Waals surface area contributed by atoms with Crippen molar-refractivity contribution in [2.45, 2.75) is 77.9 Å². The van der Waals surface area contributed by atoms with Gasteiger partial charge < -0.3 is 14.5 Å². The number of likely N-dealkylation sites (tertiary alicyclic amines) is 2. The third kappa shape index (κ3) is 4.93. The van der Waals surface area contributed by atoms with Crippen molar-refractivity contribution in [3.8, 4) is 0 Å². The van der Waals surface area contributed by atoms with E-state index in [0.717, 1.165) is 18.6 Å². The fourth-order valence-electron chi connectivity index (χ4n) is 4.51. The van der Waals surface area contributed by atoms with Gasteiger partial charge in [-0.05, 0) is 84.5 Å². The Morgan fingerprint density at radius 2 is 1.65 bits per heavy atom. The van der Waals surface area contributed by atoms with E-state index in [0.29, 0.717) is 11.5 Å². The Labute approximate surface area is 143 Å². The zero-order valence-electron chi connectivity index (χ0n) is 15.7. The predicted molar refractivity (Wildman–Crippen MR) is 96.8 cm³/mol. The van der Waals surface area contributed by atoms with E-state index in [1.54, 1.807) is 0 Å². The Bertz CT molecular complexity index is 351. The smallest absolute Gasteiger partial charge is 0.0538 e. The molecule has 0 aromatic carbocycles. The average Bonchev–Trinajstić information content (AvgIpc) is 3.34. The maximum Gasteiger partial charge on any atom is 0.0538 e. The van der Waals surface area contributed by atoms with Crippen LogP contribution in [0.1, 0.15) is 65.7 Å². The molecule has 2 heterocycles. The predicted octanol–water partition coefficient (Wildman–Crippen LogP) is 3.78. The first-order valence-electron chi connectivity index (χ1n) is 10.2. The molecule has 2 aliphatic heterocycles. The van der Waals surface area contributed by atoms with Crippen LogP contribution >= 0.6 is 0 Å². The van der Waals surface area contributed by atoms with Gasteiger partial charge in [-0.2, -0.15) is 0 Å². The Balaban J connectivity index is 1.37. The molecule has 134 valence electrons. The molecule has 3 nitrogen and oxygen atoms in total. The van der Waals surface area contributed by atoms with Crippen LogP contribution in [-0.4, -0.2) is 61.3 Å². The number of hydrogen-bond acceptors (Lipinski definition) is 3. The van der Waals surface area contributed by atoms with Crippen LogP contribution in [0.4, 0.5) is 0 Å². The molecule has 3 aliphatic rings. The van der Waals surface area contributed by atoms with Crippen LogP contribution in [0.25, 0.3) is 0 Å². The van der Waals surface area contributed by atoms with Gasteiger partial charge in [-0.3, -0.25) is 0 Å². The highest BCUT2D eigenvalue weighted by Gasteiger charge is 2.44. The van der Waals surface area contributed by atoms with Crippen LogP contribution in [0.5, 0.6) is 0 Å². The van der Waals surface area contributed by atoms with E-state index in [-0.39, 0.29) is 0 Å². The Morgan fingerprint density at radius 1 is 1.00 bits per heavy atom. The second kappa shape index (κ2) is 7.84. The average molecular weight is 323 g/mol. The standard InChI is InChI=1S/C20H38N2O/c1-4-18-5-13-22(14-6-18)19-7-11-21(12-8-19)15-20(9-10-20)16-23-17(2)3/h17-19H,4-16H2,1-3H3. The topological polar surface area (TPSA) is 15.7 Å². The highest BCUT2D eigenvalue weighted by Crippen LogP contribution is 2.47. The van der Waals surface area contributed by atoms with Gasteiger partial charge >= 0.3 is 0 Å².